The Labute approximate surface area is 107 Å². The largest absolute Gasteiger partial charge is 0.324 e. The second kappa shape index (κ2) is 4.53. The molecule has 0 aliphatic heterocycles. The van der Waals surface area contributed by atoms with Crippen molar-refractivity contribution in [2.45, 2.75) is 31.7 Å². The lowest BCUT2D eigenvalue weighted by molar-refractivity contribution is 0.533. The molecule has 0 radical (unpaired) electrons. The van der Waals surface area contributed by atoms with E-state index in [1.807, 2.05) is 7.05 Å². The monoisotopic (exact) mass is 242 g/mol. The third kappa shape index (κ3) is 1.82. The Bertz CT molecular complexity index is 559. The number of aromatic nitrogens is 3. The molecule has 1 heterocycles. The summed E-state index contributed by atoms with van der Waals surface area (Å²) < 4.78 is 2.05. The quantitative estimate of drug-likeness (QED) is 0.869. The SMILES string of the molecule is Cn1c(CN)nnc1C1CCc2ccccc2C1. The van der Waals surface area contributed by atoms with Crippen molar-refractivity contribution in [2.24, 2.45) is 12.8 Å². The Morgan fingerprint density at radius 3 is 2.78 bits per heavy atom. The lowest BCUT2D eigenvalue weighted by Gasteiger charge is -2.23. The Kier molecular flexibility index (Phi) is 2.88. The smallest absolute Gasteiger partial charge is 0.146 e. The van der Waals surface area contributed by atoms with Crippen LogP contribution < -0.4 is 5.73 Å². The number of benzene rings is 1. The molecule has 1 atom stereocenters. The highest BCUT2D eigenvalue weighted by Gasteiger charge is 2.24. The molecule has 0 fully saturated rings. The molecule has 1 unspecified atom stereocenters. The Morgan fingerprint density at radius 1 is 1.28 bits per heavy atom. The maximum Gasteiger partial charge on any atom is 0.146 e. The topological polar surface area (TPSA) is 56.7 Å². The van der Waals surface area contributed by atoms with Gasteiger partial charge in [0.25, 0.3) is 0 Å². The molecular weight excluding hydrogens is 224 g/mol. The van der Waals surface area contributed by atoms with E-state index in [1.54, 1.807) is 0 Å². The van der Waals surface area contributed by atoms with Crippen molar-refractivity contribution in [1.82, 2.24) is 14.8 Å². The highest BCUT2D eigenvalue weighted by Crippen LogP contribution is 2.31. The van der Waals surface area contributed by atoms with Crippen molar-refractivity contribution in [3.05, 3.63) is 47.0 Å². The van der Waals surface area contributed by atoms with Crippen molar-refractivity contribution in [3.8, 4) is 0 Å². The molecule has 94 valence electrons. The Balaban J connectivity index is 1.89. The average Bonchev–Trinajstić information content (AvgIpc) is 2.79. The first-order chi connectivity index (χ1) is 8.79. The maximum absolute atomic E-state index is 5.65. The van der Waals surface area contributed by atoms with Gasteiger partial charge in [-0.15, -0.1) is 10.2 Å². The van der Waals surface area contributed by atoms with Crippen LogP contribution in [0.3, 0.4) is 0 Å². The van der Waals surface area contributed by atoms with Gasteiger partial charge in [0.15, 0.2) is 0 Å². The molecule has 0 amide bonds. The molecule has 1 aromatic carbocycles. The molecule has 0 saturated carbocycles. The van der Waals surface area contributed by atoms with Gasteiger partial charge < -0.3 is 10.3 Å². The van der Waals surface area contributed by atoms with Crippen LogP contribution in [0.2, 0.25) is 0 Å². The van der Waals surface area contributed by atoms with Crippen LogP contribution in [0.15, 0.2) is 24.3 Å². The second-order valence-electron chi connectivity index (χ2n) is 4.95. The molecule has 4 heteroatoms. The minimum atomic E-state index is 0.451. The van der Waals surface area contributed by atoms with E-state index in [0.717, 1.165) is 30.9 Å². The molecule has 0 spiro atoms. The first-order valence-electron chi connectivity index (χ1n) is 6.44. The molecule has 0 bridgehead atoms. The lowest BCUT2D eigenvalue weighted by atomic mass is 9.83. The van der Waals surface area contributed by atoms with Gasteiger partial charge in [0, 0.05) is 13.0 Å². The van der Waals surface area contributed by atoms with Crippen LogP contribution in [0.4, 0.5) is 0 Å². The van der Waals surface area contributed by atoms with Gasteiger partial charge in [0.1, 0.15) is 11.6 Å². The zero-order chi connectivity index (χ0) is 12.5. The van der Waals surface area contributed by atoms with Gasteiger partial charge in [0.2, 0.25) is 0 Å². The van der Waals surface area contributed by atoms with Gasteiger partial charge >= 0.3 is 0 Å². The van der Waals surface area contributed by atoms with E-state index in [9.17, 15) is 0 Å². The van der Waals surface area contributed by atoms with Gasteiger partial charge in [-0.2, -0.15) is 0 Å². The van der Waals surface area contributed by atoms with Crippen molar-refractivity contribution in [3.63, 3.8) is 0 Å². The molecule has 18 heavy (non-hydrogen) atoms. The minimum Gasteiger partial charge on any atom is -0.324 e. The summed E-state index contributed by atoms with van der Waals surface area (Å²) in [5.41, 5.74) is 8.58. The standard InChI is InChI=1S/C14H18N4/c1-18-13(9-15)16-17-14(18)12-7-6-10-4-2-3-5-11(10)8-12/h2-5,12H,6-9,15H2,1H3. The van der Waals surface area contributed by atoms with Crippen LogP contribution in [0.25, 0.3) is 0 Å². The molecule has 2 N–H and O–H groups in total. The molecule has 0 saturated heterocycles. The molecule has 3 rings (SSSR count). The average molecular weight is 242 g/mol. The summed E-state index contributed by atoms with van der Waals surface area (Å²) in [7, 11) is 2.01. The summed E-state index contributed by atoms with van der Waals surface area (Å²) >= 11 is 0. The number of rotatable bonds is 2. The van der Waals surface area contributed by atoms with Gasteiger partial charge in [-0.3, -0.25) is 0 Å². The number of nitrogens with zero attached hydrogens (tertiary/aromatic N) is 3. The van der Waals surface area contributed by atoms with Crippen LogP contribution in [0.5, 0.6) is 0 Å². The van der Waals surface area contributed by atoms with E-state index < -0.39 is 0 Å². The van der Waals surface area contributed by atoms with Crippen molar-refractivity contribution in [2.75, 3.05) is 0 Å². The van der Waals surface area contributed by atoms with E-state index in [2.05, 4.69) is 39.0 Å². The summed E-state index contributed by atoms with van der Waals surface area (Å²) in [6.07, 6.45) is 3.34. The summed E-state index contributed by atoms with van der Waals surface area (Å²) in [5.74, 6) is 2.41. The first kappa shape index (κ1) is 11.4. The molecule has 2 aromatic rings. The van der Waals surface area contributed by atoms with Crippen LogP contribution in [-0.2, 0) is 26.4 Å². The third-order valence-corrected chi connectivity index (χ3v) is 3.89. The minimum absolute atomic E-state index is 0.451. The summed E-state index contributed by atoms with van der Waals surface area (Å²) in [5, 5.41) is 8.47. The fourth-order valence-electron chi connectivity index (χ4n) is 2.83. The highest BCUT2D eigenvalue weighted by atomic mass is 15.3. The normalized spacial score (nSPS) is 18.7. The maximum atomic E-state index is 5.65. The highest BCUT2D eigenvalue weighted by molar-refractivity contribution is 5.31. The Hall–Kier alpha value is -1.68. The van der Waals surface area contributed by atoms with Crippen molar-refractivity contribution < 1.29 is 0 Å². The third-order valence-electron chi connectivity index (χ3n) is 3.89. The van der Waals surface area contributed by atoms with E-state index in [1.165, 1.54) is 11.1 Å². The zero-order valence-electron chi connectivity index (χ0n) is 10.6. The predicted octanol–water partition coefficient (Wildman–Crippen LogP) is 1.55. The van der Waals surface area contributed by atoms with E-state index in [4.69, 9.17) is 5.73 Å². The summed E-state index contributed by atoms with van der Waals surface area (Å²) in [4.78, 5) is 0. The molecular formula is C14H18N4. The predicted molar refractivity (Wildman–Crippen MR) is 70.1 cm³/mol. The fourth-order valence-corrected chi connectivity index (χ4v) is 2.83. The molecule has 1 aliphatic carbocycles. The van der Waals surface area contributed by atoms with Gasteiger partial charge in [0.05, 0.1) is 6.54 Å². The van der Waals surface area contributed by atoms with E-state index in [-0.39, 0.29) is 0 Å². The molecule has 1 aromatic heterocycles. The molecule has 4 nitrogen and oxygen atoms in total. The van der Waals surface area contributed by atoms with Crippen LogP contribution in [0, 0.1) is 0 Å². The lowest BCUT2D eigenvalue weighted by Crippen LogP contribution is -2.17. The van der Waals surface area contributed by atoms with Crippen LogP contribution >= 0.6 is 0 Å². The molecule has 1 aliphatic rings. The van der Waals surface area contributed by atoms with Crippen molar-refractivity contribution >= 4 is 0 Å². The van der Waals surface area contributed by atoms with E-state index >= 15 is 0 Å². The summed E-state index contributed by atoms with van der Waals surface area (Å²) in [6.45, 7) is 0.451. The van der Waals surface area contributed by atoms with Crippen LogP contribution in [0.1, 0.15) is 35.1 Å². The fraction of sp³-hybridized carbons (Fsp3) is 0.429. The van der Waals surface area contributed by atoms with Crippen molar-refractivity contribution in [1.29, 1.82) is 0 Å². The van der Waals surface area contributed by atoms with Gasteiger partial charge in [-0.25, -0.2) is 0 Å². The zero-order valence-corrected chi connectivity index (χ0v) is 10.6. The number of hydrogen-bond donors (Lipinski definition) is 1. The van der Waals surface area contributed by atoms with Gasteiger partial charge in [-0.05, 0) is 30.4 Å². The first-order valence-corrected chi connectivity index (χ1v) is 6.44. The summed E-state index contributed by atoms with van der Waals surface area (Å²) in [6, 6.07) is 8.69. The van der Waals surface area contributed by atoms with Crippen LogP contribution in [-0.4, -0.2) is 14.8 Å². The number of aryl methyl sites for hydroxylation is 1. The van der Waals surface area contributed by atoms with Gasteiger partial charge in [-0.1, -0.05) is 24.3 Å². The second-order valence-corrected chi connectivity index (χ2v) is 4.95. The number of fused-ring (bicyclic) bond motifs is 1. The number of hydrogen-bond acceptors (Lipinski definition) is 3. The number of nitrogens with two attached hydrogens (primary N) is 1. The Morgan fingerprint density at radius 2 is 2.06 bits per heavy atom. The van der Waals surface area contributed by atoms with E-state index in [0.29, 0.717) is 12.5 Å².